The highest BCUT2D eigenvalue weighted by molar-refractivity contribution is 6.42. The quantitative estimate of drug-likeness (QED) is 0.774. The monoisotopic (exact) mass is 346 g/mol. The Hall–Kier alpha value is -0.850. The summed E-state index contributed by atoms with van der Waals surface area (Å²) in [5, 5.41) is 21.2. The molecule has 1 unspecified atom stereocenters. The van der Waals surface area contributed by atoms with Gasteiger partial charge >= 0.3 is 0 Å². The summed E-state index contributed by atoms with van der Waals surface area (Å²) in [6.07, 6.45) is 0.161. The Morgan fingerprint density at radius 2 is 1.95 bits per heavy atom. The van der Waals surface area contributed by atoms with Crippen molar-refractivity contribution >= 4 is 29.1 Å². The van der Waals surface area contributed by atoms with E-state index in [1.165, 1.54) is 6.07 Å². The number of benzene rings is 1. The smallest absolute Gasteiger partial charge is 0.256 e. The third-order valence-electron chi connectivity index (χ3n) is 4.11. The minimum absolute atomic E-state index is 0.294. The topological polar surface area (TPSA) is 86.8 Å². The van der Waals surface area contributed by atoms with Crippen molar-refractivity contribution in [2.24, 2.45) is 5.73 Å². The number of nitrogens with two attached hydrogens (primary N) is 1. The molecule has 1 atom stereocenters. The Bertz CT molecular complexity index is 546. The zero-order valence-electron chi connectivity index (χ0n) is 12.1. The number of hydrogen-bond acceptors (Lipinski definition) is 4. The molecule has 1 saturated heterocycles. The van der Waals surface area contributed by atoms with E-state index in [-0.39, 0.29) is 0 Å². The maximum atomic E-state index is 12.4. The van der Waals surface area contributed by atoms with Crippen LogP contribution in [0, 0.1) is 0 Å². The van der Waals surface area contributed by atoms with Crippen LogP contribution in [0.3, 0.4) is 0 Å². The van der Waals surface area contributed by atoms with E-state index in [9.17, 15) is 15.0 Å². The van der Waals surface area contributed by atoms with Gasteiger partial charge < -0.3 is 20.8 Å². The molecule has 1 aliphatic rings. The molecule has 22 heavy (non-hydrogen) atoms. The molecule has 5 nitrogen and oxygen atoms in total. The molecule has 1 aromatic carbocycles. The van der Waals surface area contributed by atoms with Crippen LogP contribution in [0.4, 0.5) is 0 Å². The molecule has 0 bridgehead atoms. The van der Waals surface area contributed by atoms with E-state index in [1.807, 2.05) is 0 Å². The molecular weight excluding hydrogens is 327 g/mol. The third kappa shape index (κ3) is 3.91. The van der Waals surface area contributed by atoms with E-state index in [1.54, 1.807) is 17.0 Å². The first-order chi connectivity index (χ1) is 10.4. The van der Waals surface area contributed by atoms with Crippen molar-refractivity contribution in [3.63, 3.8) is 0 Å². The number of aliphatic hydroxyl groups excluding tert-OH is 1. The number of amides is 1. The van der Waals surface area contributed by atoms with Crippen LogP contribution in [0.1, 0.15) is 30.9 Å². The van der Waals surface area contributed by atoms with Crippen molar-refractivity contribution in [3.05, 3.63) is 33.8 Å². The summed E-state index contributed by atoms with van der Waals surface area (Å²) in [6, 6.07) is 4.61. The van der Waals surface area contributed by atoms with E-state index >= 15 is 0 Å². The van der Waals surface area contributed by atoms with Crippen LogP contribution in [-0.2, 0) is 4.79 Å². The molecule has 0 aromatic heterocycles. The number of carbonyl (C=O) groups is 1. The molecule has 0 radical (unpaired) electrons. The van der Waals surface area contributed by atoms with Crippen LogP contribution in [-0.4, -0.2) is 46.3 Å². The van der Waals surface area contributed by atoms with Crippen molar-refractivity contribution < 1.29 is 15.0 Å². The number of aliphatic hydroxyl groups is 2. The van der Waals surface area contributed by atoms with Crippen LogP contribution in [0.25, 0.3) is 0 Å². The zero-order valence-corrected chi connectivity index (χ0v) is 13.6. The molecule has 1 aliphatic heterocycles. The lowest BCUT2D eigenvalue weighted by Gasteiger charge is -2.38. The van der Waals surface area contributed by atoms with Gasteiger partial charge in [0, 0.05) is 13.1 Å². The molecule has 1 amide bonds. The molecule has 0 spiro atoms. The molecule has 0 aliphatic carbocycles. The van der Waals surface area contributed by atoms with Crippen LogP contribution >= 0.6 is 23.2 Å². The van der Waals surface area contributed by atoms with Crippen LogP contribution in [0.15, 0.2) is 18.2 Å². The average Bonchev–Trinajstić information content (AvgIpc) is 2.49. The third-order valence-corrected chi connectivity index (χ3v) is 4.85. The van der Waals surface area contributed by atoms with E-state index in [0.717, 1.165) is 0 Å². The largest absolute Gasteiger partial charge is 0.390 e. The maximum absolute atomic E-state index is 12.4. The number of carbonyl (C=O) groups excluding carboxylic acids is 1. The first kappa shape index (κ1) is 17.5. The summed E-state index contributed by atoms with van der Waals surface area (Å²) >= 11 is 11.7. The predicted molar refractivity (Wildman–Crippen MR) is 85.9 cm³/mol. The van der Waals surface area contributed by atoms with Gasteiger partial charge in [0.05, 0.1) is 15.6 Å². The van der Waals surface area contributed by atoms with E-state index in [2.05, 4.69) is 0 Å². The zero-order chi connectivity index (χ0) is 16.3. The van der Waals surface area contributed by atoms with Gasteiger partial charge in [-0.05, 0) is 43.5 Å². The maximum Gasteiger partial charge on any atom is 0.256 e. The molecule has 2 rings (SSSR count). The lowest BCUT2D eigenvalue weighted by Crippen LogP contribution is -2.48. The number of hydrogen-bond donors (Lipinski definition) is 3. The Labute approximate surface area is 139 Å². The highest BCUT2D eigenvalue weighted by atomic mass is 35.5. The summed E-state index contributed by atoms with van der Waals surface area (Å²) in [5.41, 5.74) is 5.09. The molecular formula is C15H20Cl2N2O3. The standard InChI is InChI=1S/C15H20Cl2N2O3/c16-11-2-1-10(9-12(11)17)13(20)14(21)19-7-4-15(22,3-6-18)5-8-19/h1-2,9,13,20,22H,3-8,18H2. The molecule has 1 aromatic rings. The van der Waals surface area contributed by atoms with Crippen molar-refractivity contribution in [2.45, 2.75) is 31.0 Å². The van der Waals surface area contributed by atoms with Crippen molar-refractivity contribution in [3.8, 4) is 0 Å². The fourth-order valence-corrected chi connectivity index (χ4v) is 2.97. The minimum atomic E-state index is -1.28. The second kappa shape index (κ2) is 7.15. The van der Waals surface area contributed by atoms with Gasteiger partial charge in [-0.1, -0.05) is 29.3 Å². The Morgan fingerprint density at radius 1 is 1.32 bits per heavy atom. The number of rotatable bonds is 4. The van der Waals surface area contributed by atoms with Gasteiger partial charge in [0.25, 0.3) is 5.91 Å². The van der Waals surface area contributed by atoms with Crippen molar-refractivity contribution in [2.75, 3.05) is 19.6 Å². The minimum Gasteiger partial charge on any atom is -0.390 e. The normalized spacial score (nSPS) is 19.0. The fourth-order valence-electron chi connectivity index (χ4n) is 2.66. The van der Waals surface area contributed by atoms with Gasteiger partial charge in [-0.15, -0.1) is 0 Å². The van der Waals surface area contributed by atoms with Crippen LogP contribution in [0.2, 0.25) is 10.0 Å². The Kier molecular flexibility index (Phi) is 5.69. The van der Waals surface area contributed by atoms with Gasteiger partial charge in [-0.3, -0.25) is 4.79 Å². The predicted octanol–water partition coefficient (Wildman–Crippen LogP) is 1.73. The van der Waals surface area contributed by atoms with Gasteiger partial charge in [0.15, 0.2) is 6.10 Å². The van der Waals surface area contributed by atoms with Gasteiger partial charge in [0.2, 0.25) is 0 Å². The van der Waals surface area contributed by atoms with Crippen molar-refractivity contribution in [1.82, 2.24) is 4.90 Å². The summed E-state index contributed by atoms with van der Waals surface area (Å²) in [6.45, 7) is 1.21. The fraction of sp³-hybridized carbons (Fsp3) is 0.533. The van der Waals surface area contributed by atoms with E-state index in [4.69, 9.17) is 28.9 Å². The second-order valence-electron chi connectivity index (χ2n) is 5.66. The highest BCUT2D eigenvalue weighted by Gasteiger charge is 2.35. The molecule has 4 N–H and O–H groups in total. The van der Waals surface area contributed by atoms with Crippen LogP contribution < -0.4 is 5.73 Å². The average molecular weight is 347 g/mol. The Balaban J connectivity index is 2.01. The summed E-state index contributed by atoms with van der Waals surface area (Å²) < 4.78 is 0. The van der Waals surface area contributed by atoms with E-state index in [0.29, 0.717) is 54.5 Å². The van der Waals surface area contributed by atoms with Gasteiger partial charge in [-0.25, -0.2) is 0 Å². The molecule has 1 heterocycles. The molecule has 7 heteroatoms. The molecule has 0 saturated carbocycles. The first-order valence-electron chi connectivity index (χ1n) is 7.20. The van der Waals surface area contributed by atoms with Gasteiger partial charge in [-0.2, -0.15) is 0 Å². The highest BCUT2D eigenvalue weighted by Crippen LogP contribution is 2.29. The number of piperidine rings is 1. The lowest BCUT2D eigenvalue weighted by atomic mass is 9.88. The van der Waals surface area contributed by atoms with Crippen LogP contribution in [0.5, 0.6) is 0 Å². The number of likely N-dealkylation sites (tertiary alicyclic amines) is 1. The molecule has 1 fully saturated rings. The second-order valence-corrected chi connectivity index (χ2v) is 6.48. The van der Waals surface area contributed by atoms with Crippen molar-refractivity contribution in [1.29, 1.82) is 0 Å². The summed E-state index contributed by atoms with van der Waals surface area (Å²) in [5.74, 6) is -0.395. The SMILES string of the molecule is NCCC1(O)CCN(C(=O)C(O)c2ccc(Cl)c(Cl)c2)CC1. The summed E-state index contributed by atoms with van der Waals surface area (Å²) in [7, 11) is 0. The lowest BCUT2D eigenvalue weighted by molar-refractivity contribution is -0.144. The van der Waals surface area contributed by atoms with E-state index < -0.39 is 17.6 Å². The van der Waals surface area contributed by atoms with Gasteiger partial charge in [0.1, 0.15) is 0 Å². The number of halogens is 2. The summed E-state index contributed by atoms with van der Waals surface area (Å²) in [4.78, 5) is 13.9. The molecule has 122 valence electrons. The first-order valence-corrected chi connectivity index (χ1v) is 7.96. The Morgan fingerprint density at radius 3 is 2.50 bits per heavy atom. The number of nitrogens with zero attached hydrogens (tertiary/aromatic N) is 1.